The van der Waals surface area contributed by atoms with Crippen LogP contribution in [0.25, 0.3) is 0 Å². The smallest absolute Gasteiger partial charge is 0.193 e. The number of aliphatic hydroxyl groups is 2. The molecule has 5 heteroatoms. The molecule has 0 heterocycles. The van der Waals surface area contributed by atoms with Crippen LogP contribution in [-0.2, 0) is 4.79 Å². The van der Waals surface area contributed by atoms with Crippen molar-refractivity contribution >= 4 is 18.4 Å². The van der Waals surface area contributed by atoms with Crippen LogP contribution in [0, 0.1) is 20.8 Å². The molecule has 2 N–H and O–H groups in total. The van der Waals surface area contributed by atoms with Crippen molar-refractivity contribution < 1.29 is 24.6 Å². The van der Waals surface area contributed by atoms with Gasteiger partial charge in [0, 0.05) is 36.5 Å². The SMILES string of the molecule is C=O.CO.CO.Cc1cccc(C(=O)c2ccc(C(=O)c3cc(C)ccc3C)cc2)c1. The number of carbonyl (C=O) groups excluding carboxylic acids is 3. The van der Waals surface area contributed by atoms with Crippen molar-refractivity contribution in [3.05, 3.63) is 106 Å². The minimum atomic E-state index is -0.0329. The van der Waals surface area contributed by atoms with Gasteiger partial charge in [-0.25, -0.2) is 0 Å². The molecular weight excluding hydrogens is 392 g/mol. The number of benzene rings is 3. The van der Waals surface area contributed by atoms with Gasteiger partial charge in [-0.3, -0.25) is 9.59 Å². The number of carbonyl (C=O) groups is 3. The van der Waals surface area contributed by atoms with Gasteiger partial charge in [0.15, 0.2) is 11.6 Å². The van der Waals surface area contributed by atoms with Crippen LogP contribution >= 0.6 is 0 Å². The van der Waals surface area contributed by atoms with Crippen molar-refractivity contribution in [3.63, 3.8) is 0 Å². The second kappa shape index (κ2) is 14.6. The molecule has 164 valence electrons. The number of ketones is 2. The summed E-state index contributed by atoms with van der Waals surface area (Å²) in [5.41, 5.74) is 5.60. The molecule has 0 radical (unpaired) electrons. The first-order valence-corrected chi connectivity index (χ1v) is 9.47. The highest BCUT2D eigenvalue weighted by atomic mass is 16.2. The molecule has 0 aliphatic heterocycles. The summed E-state index contributed by atoms with van der Waals surface area (Å²) in [7, 11) is 2.00. The molecule has 0 saturated heterocycles. The van der Waals surface area contributed by atoms with Gasteiger partial charge < -0.3 is 15.0 Å². The van der Waals surface area contributed by atoms with E-state index in [1.54, 1.807) is 24.3 Å². The van der Waals surface area contributed by atoms with Gasteiger partial charge in [0.2, 0.25) is 0 Å². The van der Waals surface area contributed by atoms with Crippen LogP contribution < -0.4 is 0 Å². The Kier molecular flexibility index (Phi) is 13.0. The Morgan fingerprint density at radius 1 is 0.613 bits per heavy atom. The summed E-state index contributed by atoms with van der Waals surface area (Å²) in [4.78, 5) is 33.3. The molecule has 0 atom stereocenters. The van der Waals surface area contributed by atoms with Gasteiger partial charge in [-0.1, -0.05) is 65.7 Å². The molecule has 0 aliphatic carbocycles. The first-order valence-electron chi connectivity index (χ1n) is 9.47. The molecule has 0 spiro atoms. The van der Waals surface area contributed by atoms with Crippen molar-refractivity contribution in [3.8, 4) is 0 Å². The lowest BCUT2D eigenvalue weighted by molar-refractivity contribution is -0.0980. The van der Waals surface area contributed by atoms with E-state index in [9.17, 15) is 9.59 Å². The normalized spacial score (nSPS) is 9.00. The summed E-state index contributed by atoms with van der Waals surface area (Å²) in [5.74, 6) is -0.0508. The molecule has 3 aromatic rings. The minimum absolute atomic E-state index is 0.0178. The van der Waals surface area contributed by atoms with Gasteiger partial charge in [-0.05, 0) is 38.5 Å². The number of aryl methyl sites for hydroxylation is 3. The molecule has 0 saturated carbocycles. The van der Waals surface area contributed by atoms with Crippen LogP contribution in [0.3, 0.4) is 0 Å². The second-order valence-electron chi connectivity index (χ2n) is 6.42. The monoisotopic (exact) mass is 422 g/mol. The van der Waals surface area contributed by atoms with Crippen LogP contribution in [-0.4, -0.2) is 42.8 Å². The van der Waals surface area contributed by atoms with Crippen LogP contribution in [0.4, 0.5) is 0 Å². The van der Waals surface area contributed by atoms with Crippen LogP contribution in [0.1, 0.15) is 48.5 Å². The van der Waals surface area contributed by atoms with Crippen LogP contribution in [0.5, 0.6) is 0 Å². The van der Waals surface area contributed by atoms with Crippen molar-refractivity contribution in [2.45, 2.75) is 20.8 Å². The third-order valence-electron chi connectivity index (χ3n) is 4.33. The first-order chi connectivity index (χ1) is 15.0. The quantitative estimate of drug-likeness (QED) is 0.618. The fourth-order valence-corrected chi connectivity index (χ4v) is 2.86. The molecular formula is C26H30O5. The highest BCUT2D eigenvalue weighted by Gasteiger charge is 2.14. The van der Waals surface area contributed by atoms with E-state index in [0.29, 0.717) is 22.3 Å². The van der Waals surface area contributed by atoms with E-state index < -0.39 is 0 Å². The summed E-state index contributed by atoms with van der Waals surface area (Å²) in [6.45, 7) is 7.87. The highest BCUT2D eigenvalue weighted by Crippen LogP contribution is 2.18. The summed E-state index contributed by atoms with van der Waals surface area (Å²) >= 11 is 0. The van der Waals surface area contributed by atoms with E-state index in [-0.39, 0.29) is 11.6 Å². The first kappa shape index (κ1) is 27.6. The van der Waals surface area contributed by atoms with E-state index in [2.05, 4.69) is 0 Å². The van der Waals surface area contributed by atoms with Crippen molar-refractivity contribution in [1.29, 1.82) is 0 Å². The fraction of sp³-hybridized carbons (Fsp3) is 0.192. The predicted octanol–water partition coefficient (Wildman–Crippen LogP) is 4.11. The minimum Gasteiger partial charge on any atom is -0.400 e. The zero-order valence-electron chi connectivity index (χ0n) is 18.7. The topological polar surface area (TPSA) is 91.7 Å². The Hall–Kier alpha value is -3.41. The molecule has 3 rings (SSSR count). The Morgan fingerprint density at radius 3 is 1.61 bits per heavy atom. The average molecular weight is 423 g/mol. The zero-order valence-corrected chi connectivity index (χ0v) is 18.7. The van der Waals surface area contributed by atoms with Gasteiger partial charge >= 0.3 is 0 Å². The molecule has 3 aromatic carbocycles. The van der Waals surface area contributed by atoms with Crippen LogP contribution in [0.15, 0.2) is 66.7 Å². The molecule has 0 amide bonds. The van der Waals surface area contributed by atoms with E-state index >= 15 is 0 Å². The summed E-state index contributed by atoms with van der Waals surface area (Å²) in [6.07, 6.45) is 0. The van der Waals surface area contributed by atoms with Gasteiger partial charge in [0.05, 0.1) is 0 Å². The van der Waals surface area contributed by atoms with Gasteiger partial charge in [0.1, 0.15) is 6.79 Å². The third-order valence-corrected chi connectivity index (χ3v) is 4.33. The third kappa shape index (κ3) is 7.74. The number of rotatable bonds is 4. The lowest BCUT2D eigenvalue weighted by Gasteiger charge is -2.07. The Balaban J connectivity index is 0.00000138. The fourth-order valence-electron chi connectivity index (χ4n) is 2.86. The average Bonchev–Trinajstić information content (AvgIpc) is 2.83. The molecule has 0 unspecified atom stereocenters. The van der Waals surface area contributed by atoms with Crippen LogP contribution in [0.2, 0.25) is 0 Å². The summed E-state index contributed by atoms with van der Waals surface area (Å²) < 4.78 is 0. The van der Waals surface area contributed by atoms with Gasteiger partial charge in [-0.2, -0.15) is 0 Å². The molecule has 0 bridgehead atoms. The van der Waals surface area contributed by atoms with E-state index in [0.717, 1.165) is 30.9 Å². The molecule has 0 fully saturated rings. The largest absolute Gasteiger partial charge is 0.400 e. The molecule has 0 aliphatic rings. The maximum atomic E-state index is 12.7. The van der Waals surface area contributed by atoms with Crippen molar-refractivity contribution in [2.24, 2.45) is 0 Å². The van der Waals surface area contributed by atoms with E-state index in [1.165, 1.54) is 0 Å². The maximum Gasteiger partial charge on any atom is 0.193 e. The number of hydrogen-bond acceptors (Lipinski definition) is 5. The zero-order chi connectivity index (χ0) is 24.0. The molecule has 0 aromatic heterocycles. The summed E-state index contributed by atoms with van der Waals surface area (Å²) in [6, 6.07) is 20.3. The predicted molar refractivity (Wildman–Crippen MR) is 124 cm³/mol. The Labute approximate surface area is 184 Å². The lowest BCUT2D eigenvalue weighted by Crippen LogP contribution is -2.06. The molecule has 5 nitrogen and oxygen atoms in total. The van der Waals surface area contributed by atoms with Gasteiger partial charge in [-0.15, -0.1) is 0 Å². The molecule has 31 heavy (non-hydrogen) atoms. The Bertz CT molecular complexity index is 975. The van der Waals surface area contributed by atoms with Gasteiger partial charge in [0.25, 0.3) is 0 Å². The van der Waals surface area contributed by atoms with E-state index in [1.807, 2.05) is 70.0 Å². The summed E-state index contributed by atoms with van der Waals surface area (Å²) in [5, 5.41) is 14.0. The second-order valence-corrected chi connectivity index (χ2v) is 6.42. The highest BCUT2D eigenvalue weighted by molar-refractivity contribution is 6.12. The Morgan fingerprint density at radius 2 is 1.10 bits per heavy atom. The van der Waals surface area contributed by atoms with E-state index in [4.69, 9.17) is 15.0 Å². The van der Waals surface area contributed by atoms with Crippen molar-refractivity contribution in [2.75, 3.05) is 14.2 Å². The maximum absolute atomic E-state index is 12.7. The number of hydrogen-bond donors (Lipinski definition) is 2. The standard InChI is InChI=1S/C23H20O2.2CH4O.CH2O/c1-15-5-4-6-20(13-15)22(24)18-9-11-19(12-10-18)23(25)21-14-16(2)7-8-17(21)3;3*1-2/h4-14H,1-3H3;2*2H,1H3;1H2. The number of aliphatic hydroxyl groups excluding tert-OH is 2. The lowest BCUT2D eigenvalue weighted by atomic mass is 9.95. The van der Waals surface area contributed by atoms with Crippen molar-refractivity contribution in [1.82, 2.24) is 0 Å².